The minimum atomic E-state index is -0.307. The van der Waals surface area contributed by atoms with E-state index in [1.54, 1.807) is 30.7 Å². The fourth-order valence-electron chi connectivity index (χ4n) is 2.55. The second-order valence-electron chi connectivity index (χ2n) is 5.56. The van der Waals surface area contributed by atoms with Gasteiger partial charge < -0.3 is 20.0 Å². The molecule has 3 N–H and O–H groups in total. The number of carbonyl (C=O) groups is 1. The van der Waals surface area contributed by atoms with Crippen molar-refractivity contribution in [1.82, 2.24) is 15.0 Å². The van der Waals surface area contributed by atoms with Gasteiger partial charge in [0.2, 0.25) is 0 Å². The molecule has 4 aromatic rings. The van der Waals surface area contributed by atoms with Crippen molar-refractivity contribution in [2.45, 2.75) is 0 Å². The van der Waals surface area contributed by atoms with Crippen LogP contribution in [0.4, 0.5) is 5.69 Å². The van der Waals surface area contributed by atoms with Gasteiger partial charge in [-0.1, -0.05) is 0 Å². The Morgan fingerprint density at radius 1 is 1.12 bits per heavy atom. The van der Waals surface area contributed by atoms with Crippen molar-refractivity contribution in [3.05, 3.63) is 64.0 Å². The number of H-pyrrole nitrogens is 2. The van der Waals surface area contributed by atoms with E-state index in [2.05, 4.69) is 20.3 Å². The SMILES string of the molecule is COc1ccc(-c2nc(C(=O)Nc3ccc4[nH]c(=O)[nH]c4c3)cs2)cc1. The Bertz CT molecular complexity index is 1140. The molecule has 0 atom stereocenters. The Labute approximate surface area is 151 Å². The van der Waals surface area contributed by atoms with Crippen molar-refractivity contribution in [2.24, 2.45) is 0 Å². The number of fused-ring (bicyclic) bond motifs is 1. The Hall–Kier alpha value is -3.39. The number of rotatable bonds is 4. The molecule has 0 bridgehead atoms. The summed E-state index contributed by atoms with van der Waals surface area (Å²) < 4.78 is 5.14. The largest absolute Gasteiger partial charge is 0.497 e. The summed E-state index contributed by atoms with van der Waals surface area (Å²) in [4.78, 5) is 33.5. The number of amides is 1. The summed E-state index contributed by atoms with van der Waals surface area (Å²) in [6, 6.07) is 12.6. The number of thiazole rings is 1. The van der Waals surface area contributed by atoms with Gasteiger partial charge in [-0.3, -0.25) is 4.79 Å². The van der Waals surface area contributed by atoms with E-state index in [9.17, 15) is 9.59 Å². The Morgan fingerprint density at radius 2 is 1.88 bits per heavy atom. The van der Waals surface area contributed by atoms with Crippen LogP contribution >= 0.6 is 11.3 Å². The number of methoxy groups -OCH3 is 1. The number of anilines is 1. The van der Waals surface area contributed by atoms with Crippen LogP contribution in [0.2, 0.25) is 0 Å². The van der Waals surface area contributed by atoms with Crippen LogP contribution in [-0.4, -0.2) is 28.0 Å². The molecule has 4 rings (SSSR count). The zero-order chi connectivity index (χ0) is 18.1. The lowest BCUT2D eigenvalue weighted by Gasteiger charge is -2.03. The summed E-state index contributed by atoms with van der Waals surface area (Å²) in [5.74, 6) is 0.458. The molecule has 0 spiro atoms. The summed E-state index contributed by atoms with van der Waals surface area (Å²) in [5.41, 5.74) is 2.86. The first-order valence-corrected chi connectivity index (χ1v) is 8.64. The van der Waals surface area contributed by atoms with Gasteiger partial charge in [-0.15, -0.1) is 11.3 Å². The Balaban J connectivity index is 1.54. The van der Waals surface area contributed by atoms with Crippen LogP contribution in [0.3, 0.4) is 0 Å². The van der Waals surface area contributed by atoms with Crippen LogP contribution in [-0.2, 0) is 0 Å². The van der Waals surface area contributed by atoms with E-state index in [0.29, 0.717) is 22.4 Å². The monoisotopic (exact) mass is 366 g/mol. The van der Waals surface area contributed by atoms with Gasteiger partial charge in [0.25, 0.3) is 5.91 Å². The molecule has 0 radical (unpaired) electrons. The van der Waals surface area contributed by atoms with E-state index in [0.717, 1.165) is 16.3 Å². The van der Waals surface area contributed by atoms with E-state index in [-0.39, 0.29) is 11.6 Å². The number of ether oxygens (including phenoxy) is 1. The van der Waals surface area contributed by atoms with Crippen LogP contribution < -0.4 is 15.7 Å². The lowest BCUT2D eigenvalue weighted by atomic mass is 10.2. The highest BCUT2D eigenvalue weighted by Gasteiger charge is 2.13. The molecule has 7 nitrogen and oxygen atoms in total. The van der Waals surface area contributed by atoms with Crippen molar-refractivity contribution >= 4 is 34.0 Å². The quantitative estimate of drug-likeness (QED) is 0.516. The summed E-state index contributed by atoms with van der Waals surface area (Å²) in [7, 11) is 1.61. The first-order valence-electron chi connectivity index (χ1n) is 7.76. The van der Waals surface area contributed by atoms with E-state index in [4.69, 9.17) is 4.74 Å². The lowest BCUT2D eigenvalue weighted by Crippen LogP contribution is -2.12. The zero-order valence-corrected chi connectivity index (χ0v) is 14.5. The van der Waals surface area contributed by atoms with Crippen molar-refractivity contribution in [1.29, 1.82) is 0 Å². The maximum atomic E-state index is 12.4. The Morgan fingerprint density at radius 3 is 2.65 bits per heavy atom. The van der Waals surface area contributed by atoms with Crippen molar-refractivity contribution in [2.75, 3.05) is 12.4 Å². The van der Waals surface area contributed by atoms with Crippen LogP contribution in [0, 0.1) is 0 Å². The predicted octanol–water partition coefficient (Wildman–Crippen LogP) is 3.24. The molecule has 2 aromatic carbocycles. The van der Waals surface area contributed by atoms with Gasteiger partial charge in [0.15, 0.2) is 0 Å². The summed E-state index contributed by atoms with van der Waals surface area (Å²) >= 11 is 1.40. The van der Waals surface area contributed by atoms with Gasteiger partial charge in [-0.05, 0) is 42.5 Å². The molecule has 0 unspecified atom stereocenters. The van der Waals surface area contributed by atoms with Crippen LogP contribution in [0.15, 0.2) is 52.6 Å². The van der Waals surface area contributed by atoms with Gasteiger partial charge in [0, 0.05) is 16.6 Å². The molecule has 0 aliphatic rings. The van der Waals surface area contributed by atoms with Gasteiger partial charge in [-0.25, -0.2) is 9.78 Å². The average molecular weight is 366 g/mol. The number of imidazole rings is 1. The van der Waals surface area contributed by atoms with Crippen LogP contribution in [0.25, 0.3) is 21.6 Å². The number of hydrogen-bond acceptors (Lipinski definition) is 5. The first-order chi connectivity index (χ1) is 12.6. The predicted molar refractivity (Wildman–Crippen MR) is 101 cm³/mol. The molecule has 0 aliphatic heterocycles. The third-order valence-corrected chi connectivity index (χ3v) is 4.74. The van der Waals surface area contributed by atoms with Gasteiger partial charge in [-0.2, -0.15) is 0 Å². The van der Waals surface area contributed by atoms with E-state index in [1.807, 2.05) is 24.3 Å². The molecule has 26 heavy (non-hydrogen) atoms. The number of nitrogens with zero attached hydrogens (tertiary/aromatic N) is 1. The summed E-state index contributed by atoms with van der Waals surface area (Å²) in [6.45, 7) is 0. The molecule has 8 heteroatoms. The second-order valence-corrected chi connectivity index (χ2v) is 6.42. The maximum absolute atomic E-state index is 12.4. The topological polar surface area (TPSA) is 99.9 Å². The molecule has 0 fully saturated rings. The number of carbonyl (C=O) groups excluding carboxylic acids is 1. The normalized spacial score (nSPS) is 10.8. The van der Waals surface area contributed by atoms with Crippen molar-refractivity contribution < 1.29 is 9.53 Å². The molecule has 0 saturated heterocycles. The minimum absolute atomic E-state index is 0.285. The summed E-state index contributed by atoms with van der Waals surface area (Å²) in [5, 5.41) is 5.26. The zero-order valence-electron chi connectivity index (χ0n) is 13.7. The van der Waals surface area contributed by atoms with Gasteiger partial charge in [0.05, 0.1) is 18.1 Å². The number of aromatic nitrogens is 3. The van der Waals surface area contributed by atoms with E-state index < -0.39 is 0 Å². The van der Waals surface area contributed by atoms with Crippen LogP contribution in [0.1, 0.15) is 10.5 Å². The number of nitrogens with one attached hydrogen (secondary N) is 3. The Kier molecular flexibility index (Phi) is 4.02. The third kappa shape index (κ3) is 3.09. The minimum Gasteiger partial charge on any atom is -0.497 e. The van der Waals surface area contributed by atoms with Crippen LogP contribution in [0.5, 0.6) is 5.75 Å². The molecule has 1 amide bonds. The smallest absolute Gasteiger partial charge is 0.323 e. The standard InChI is InChI=1S/C18H14N4O3S/c1-25-12-5-2-10(3-6-12)17-20-15(9-26-17)16(23)19-11-4-7-13-14(8-11)22-18(24)21-13/h2-9H,1H3,(H,19,23)(H2,21,22,24). The lowest BCUT2D eigenvalue weighted by molar-refractivity contribution is 0.102. The molecule has 0 aliphatic carbocycles. The van der Waals surface area contributed by atoms with Crippen molar-refractivity contribution in [3.63, 3.8) is 0 Å². The number of aromatic amines is 2. The molecule has 130 valence electrons. The molecule has 0 saturated carbocycles. The molecular weight excluding hydrogens is 352 g/mol. The first kappa shape index (κ1) is 16.1. The van der Waals surface area contributed by atoms with Gasteiger partial charge in [0.1, 0.15) is 16.5 Å². The van der Waals surface area contributed by atoms with E-state index >= 15 is 0 Å². The van der Waals surface area contributed by atoms with E-state index in [1.165, 1.54) is 11.3 Å². The third-order valence-electron chi connectivity index (χ3n) is 3.85. The second kappa shape index (κ2) is 6.49. The highest BCUT2D eigenvalue weighted by molar-refractivity contribution is 7.13. The fourth-order valence-corrected chi connectivity index (χ4v) is 3.36. The number of benzene rings is 2. The van der Waals surface area contributed by atoms with Crippen molar-refractivity contribution in [3.8, 4) is 16.3 Å². The summed E-state index contributed by atoms with van der Waals surface area (Å²) in [6.07, 6.45) is 0. The highest BCUT2D eigenvalue weighted by atomic mass is 32.1. The van der Waals surface area contributed by atoms with Gasteiger partial charge >= 0.3 is 5.69 Å². The average Bonchev–Trinajstić information content (AvgIpc) is 3.27. The number of hydrogen-bond donors (Lipinski definition) is 3. The highest BCUT2D eigenvalue weighted by Crippen LogP contribution is 2.26. The molecular formula is C18H14N4O3S. The fraction of sp³-hybridized carbons (Fsp3) is 0.0556. The molecule has 2 aromatic heterocycles. The maximum Gasteiger partial charge on any atom is 0.323 e. The molecule has 2 heterocycles.